The summed E-state index contributed by atoms with van der Waals surface area (Å²) in [7, 11) is 1.57. The molecule has 0 spiro atoms. The molecule has 1 aromatic rings. The second-order valence-electron chi connectivity index (χ2n) is 3.38. The summed E-state index contributed by atoms with van der Waals surface area (Å²) in [5.74, 6) is 0.625. The summed E-state index contributed by atoms with van der Waals surface area (Å²) in [4.78, 5) is 0. The van der Waals surface area contributed by atoms with E-state index in [2.05, 4.69) is 0 Å². The van der Waals surface area contributed by atoms with Crippen molar-refractivity contribution in [3.8, 4) is 5.75 Å². The minimum atomic E-state index is -0.613. The first-order valence-electron chi connectivity index (χ1n) is 4.22. The van der Waals surface area contributed by atoms with Gasteiger partial charge in [-0.2, -0.15) is 0 Å². The number of benzene rings is 1. The first kappa shape index (κ1) is 8.85. The minimum absolute atomic E-state index is 0.579. The van der Waals surface area contributed by atoms with Crippen LogP contribution in [0.5, 0.6) is 5.75 Å². The molecule has 0 radical (unpaired) electrons. The lowest BCUT2D eigenvalue weighted by Crippen LogP contribution is -2.04. The Morgan fingerprint density at radius 2 is 2.15 bits per heavy atom. The van der Waals surface area contributed by atoms with Crippen LogP contribution in [0.2, 0.25) is 5.02 Å². The molecule has 70 valence electrons. The fraction of sp³-hybridized carbons (Fsp3) is 0.400. The van der Waals surface area contributed by atoms with E-state index in [-0.39, 0.29) is 0 Å². The highest BCUT2D eigenvalue weighted by Gasteiger charge is 2.42. The molecular weight excluding hydrogens is 188 g/mol. The monoisotopic (exact) mass is 198 g/mol. The van der Waals surface area contributed by atoms with Crippen LogP contribution in [-0.4, -0.2) is 12.2 Å². The van der Waals surface area contributed by atoms with Crippen molar-refractivity contribution in [1.82, 2.24) is 0 Å². The molecule has 0 bridgehead atoms. The first-order valence-corrected chi connectivity index (χ1v) is 4.60. The molecule has 0 unspecified atom stereocenters. The van der Waals surface area contributed by atoms with E-state index < -0.39 is 5.60 Å². The van der Waals surface area contributed by atoms with E-state index in [1.54, 1.807) is 19.2 Å². The molecular formula is C10H11ClO2. The Labute approximate surface area is 82.1 Å². The summed E-state index contributed by atoms with van der Waals surface area (Å²) in [6.45, 7) is 0. The van der Waals surface area contributed by atoms with Gasteiger partial charge in [-0.1, -0.05) is 17.7 Å². The van der Waals surface area contributed by atoms with Crippen LogP contribution in [0.4, 0.5) is 0 Å². The van der Waals surface area contributed by atoms with E-state index >= 15 is 0 Å². The quantitative estimate of drug-likeness (QED) is 0.791. The summed E-state index contributed by atoms with van der Waals surface area (Å²) < 4.78 is 5.07. The van der Waals surface area contributed by atoms with Crippen molar-refractivity contribution in [2.24, 2.45) is 0 Å². The molecule has 1 aromatic carbocycles. The molecule has 1 aliphatic carbocycles. The molecule has 0 aliphatic heterocycles. The molecule has 13 heavy (non-hydrogen) atoms. The number of hydrogen-bond acceptors (Lipinski definition) is 2. The Balaban J connectivity index is 2.39. The van der Waals surface area contributed by atoms with Gasteiger partial charge in [0.05, 0.1) is 17.7 Å². The van der Waals surface area contributed by atoms with Crippen molar-refractivity contribution in [3.63, 3.8) is 0 Å². The van der Waals surface area contributed by atoms with Crippen molar-refractivity contribution in [2.75, 3.05) is 7.11 Å². The van der Waals surface area contributed by atoms with E-state index in [0.717, 1.165) is 18.4 Å². The van der Waals surface area contributed by atoms with E-state index in [9.17, 15) is 5.11 Å². The minimum Gasteiger partial charge on any atom is -0.495 e. The molecule has 2 rings (SSSR count). The third-order valence-electron chi connectivity index (χ3n) is 2.41. The lowest BCUT2D eigenvalue weighted by molar-refractivity contribution is 0.151. The average molecular weight is 199 g/mol. The van der Waals surface area contributed by atoms with Crippen molar-refractivity contribution >= 4 is 11.6 Å². The summed E-state index contributed by atoms with van der Waals surface area (Å²) in [6.07, 6.45) is 1.66. The molecule has 0 saturated heterocycles. The Morgan fingerprint density at radius 3 is 2.69 bits per heavy atom. The fourth-order valence-electron chi connectivity index (χ4n) is 1.36. The molecule has 1 N–H and O–H groups in total. The molecule has 2 nitrogen and oxygen atoms in total. The molecule has 1 aliphatic rings. The van der Waals surface area contributed by atoms with Crippen LogP contribution in [0.15, 0.2) is 18.2 Å². The van der Waals surface area contributed by atoms with Gasteiger partial charge in [0.25, 0.3) is 0 Å². The second kappa shape index (κ2) is 2.89. The summed E-state index contributed by atoms with van der Waals surface area (Å²) >= 11 is 5.86. The normalized spacial score (nSPS) is 18.4. The maximum absolute atomic E-state index is 9.81. The second-order valence-corrected chi connectivity index (χ2v) is 3.79. The van der Waals surface area contributed by atoms with Crippen molar-refractivity contribution in [2.45, 2.75) is 18.4 Å². The zero-order valence-corrected chi connectivity index (χ0v) is 8.14. The van der Waals surface area contributed by atoms with Crippen LogP contribution >= 0.6 is 11.6 Å². The van der Waals surface area contributed by atoms with Gasteiger partial charge in [0.1, 0.15) is 5.75 Å². The van der Waals surface area contributed by atoms with Crippen molar-refractivity contribution in [1.29, 1.82) is 0 Å². The number of hydrogen-bond donors (Lipinski definition) is 1. The van der Waals surface area contributed by atoms with Gasteiger partial charge in [-0.15, -0.1) is 0 Å². The van der Waals surface area contributed by atoms with Crippen LogP contribution in [0, 0.1) is 0 Å². The molecule has 3 heteroatoms. The Hall–Kier alpha value is -0.730. The van der Waals surface area contributed by atoms with Gasteiger partial charge in [0.15, 0.2) is 0 Å². The van der Waals surface area contributed by atoms with Crippen LogP contribution in [-0.2, 0) is 5.60 Å². The van der Waals surface area contributed by atoms with E-state index in [0.29, 0.717) is 10.8 Å². The molecule has 0 amide bonds. The average Bonchev–Trinajstić information content (AvgIpc) is 2.86. The van der Waals surface area contributed by atoms with Crippen LogP contribution in [0.3, 0.4) is 0 Å². The zero-order valence-electron chi connectivity index (χ0n) is 7.38. The zero-order chi connectivity index (χ0) is 9.47. The van der Waals surface area contributed by atoms with Gasteiger partial charge in [-0.3, -0.25) is 0 Å². The Morgan fingerprint density at radius 1 is 1.46 bits per heavy atom. The fourth-order valence-corrected chi connectivity index (χ4v) is 1.55. The van der Waals surface area contributed by atoms with Crippen LogP contribution < -0.4 is 4.74 Å². The molecule has 0 aromatic heterocycles. The molecule has 1 saturated carbocycles. The van der Waals surface area contributed by atoms with Gasteiger partial charge in [0.2, 0.25) is 0 Å². The van der Waals surface area contributed by atoms with Gasteiger partial charge in [-0.05, 0) is 30.5 Å². The molecule has 0 atom stereocenters. The number of methoxy groups -OCH3 is 1. The highest BCUT2D eigenvalue weighted by molar-refractivity contribution is 6.32. The smallest absolute Gasteiger partial charge is 0.137 e. The van der Waals surface area contributed by atoms with Crippen LogP contribution in [0.1, 0.15) is 18.4 Å². The standard InChI is InChI=1S/C10H11ClO2/c1-13-9-6-7(2-3-8(9)11)10(12)4-5-10/h2-3,6,12H,4-5H2,1H3. The maximum Gasteiger partial charge on any atom is 0.137 e. The van der Waals surface area contributed by atoms with E-state index in [4.69, 9.17) is 16.3 Å². The van der Waals surface area contributed by atoms with Crippen molar-refractivity contribution < 1.29 is 9.84 Å². The Kier molecular flexibility index (Phi) is 1.97. The number of aliphatic hydroxyl groups is 1. The predicted octanol–water partition coefficient (Wildman–Crippen LogP) is 2.33. The van der Waals surface area contributed by atoms with Gasteiger partial charge < -0.3 is 9.84 Å². The van der Waals surface area contributed by atoms with Crippen molar-refractivity contribution in [3.05, 3.63) is 28.8 Å². The third kappa shape index (κ3) is 1.52. The Bertz CT molecular complexity index is 332. The van der Waals surface area contributed by atoms with Gasteiger partial charge >= 0.3 is 0 Å². The summed E-state index contributed by atoms with van der Waals surface area (Å²) in [5.41, 5.74) is 0.284. The number of rotatable bonds is 2. The molecule has 0 heterocycles. The lowest BCUT2D eigenvalue weighted by atomic mass is 10.1. The third-order valence-corrected chi connectivity index (χ3v) is 2.72. The maximum atomic E-state index is 9.81. The highest BCUT2D eigenvalue weighted by atomic mass is 35.5. The van der Waals surface area contributed by atoms with Gasteiger partial charge in [0, 0.05) is 0 Å². The number of halogens is 1. The predicted molar refractivity (Wildman–Crippen MR) is 51.1 cm³/mol. The van der Waals surface area contributed by atoms with E-state index in [1.807, 2.05) is 6.07 Å². The van der Waals surface area contributed by atoms with Crippen LogP contribution in [0.25, 0.3) is 0 Å². The summed E-state index contributed by atoms with van der Waals surface area (Å²) in [5, 5.41) is 10.4. The van der Waals surface area contributed by atoms with Gasteiger partial charge in [-0.25, -0.2) is 0 Å². The number of ether oxygens (including phenoxy) is 1. The largest absolute Gasteiger partial charge is 0.495 e. The lowest BCUT2D eigenvalue weighted by Gasteiger charge is -2.10. The van der Waals surface area contributed by atoms with E-state index in [1.165, 1.54) is 0 Å². The molecule has 1 fully saturated rings. The topological polar surface area (TPSA) is 29.5 Å². The summed E-state index contributed by atoms with van der Waals surface area (Å²) in [6, 6.07) is 5.40. The highest BCUT2D eigenvalue weighted by Crippen LogP contribution is 2.46. The first-order chi connectivity index (χ1) is 6.15. The SMILES string of the molecule is COc1cc(C2(O)CC2)ccc1Cl.